The molecule has 2 aliphatic heterocycles. The van der Waals surface area contributed by atoms with Crippen molar-refractivity contribution in [3.63, 3.8) is 0 Å². The number of halogens is 2. The molecule has 0 spiro atoms. The molecule has 5 rings (SSSR count). The Morgan fingerprint density at radius 2 is 1.88 bits per heavy atom. The van der Waals surface area contributed by atoms with Gasteiger partial charge in [0.15, 0.2) is 5.82 Å². The lowest BCUT2D eigenvalue weighted by Gasteiger charge is -2.26. The minimum atomic E-state index is -3.84. The van der Waals surface area contributed by atoms with Crippen molar-refractivity contribution in [1.82, 2.24) is 10.2 Å². The van der Waals surface area contributed by atoms with Crippen molar-refractivity contribution in [3.8, 4) is 0 Å². The first-order valence-corrected chi connectivity index (χ1v) is 12.2. The van der Waals surface area contributed by atoms with Crippen LogP contribution in [-0.2, 0) is 21.2 Å². The molecule has 1 N–H and O–H groups in total. The average molecular weight is 488 g/mol. The van der Waals surface area contributed by atoms with Gasteiger partial charge in [0.1, 0.15) is 11.9 Å². The van der Waals surface area contributed by atoms with Crippen LogP contribution >= 0.6 is 11.6 Å². The Hall–Kier alpha value is -3.24. The van der Waals surface area contributed by atoms with E-state index in [2.05, 4.69) is 14.9 Å². The number of hydrogen-bond acceptors (Lipinski definition) is 6. The van der Waals surface area contributed by atoms with E-state index in [-0.39, 0.29) is 27.7 Å². The molecule has 2 aliphatic rings. The maximum Gasteiger partial charge on any atom is 0.263 e. The van der Waals surface area contributed by atoms with Crippen molar-refractivity contribution in [2.24, 2.45) is 0 Å². The molecule has 3 aromatic rings. The number of aromatic nitrogens is 2. The highest BCUT2D eigenvalue weighted by molar-refractivity contribution is 7.92. The number of carbonyl (C=O) groups excluding carboxylic acids is 1. The zero-order chi connectivity index (χ0) is 23.2. The Kier molecular flexibility index (Phi) is 5.41. The van der Waals surface area contributed by atoms with Crippen molar-refractivity contribution in [2.75, 3.05) is 27.6 Å². The van der Waals surface area contributed by atoms with Gasteiger partial charge in [0.25, 0.3) is 10.0 Å². The predicted molar refractivity (Wildman–Crippen MR) is 123 cm³/mol. The number of carbonyl (C=O) groups is 1. The SMILES string of the molecule is O=C1[C@@H](N2CCc3c2ccc(F)c3Cl)CCN1c1ccc(S(=O)(=O)Nc2cccnn2)cc1. The standard InChI is InChI=1S/C22H19ClFN5O3S/c23-21-16-9-12-29(18(16)8-7-17(21)24)19-10-13-28(22(19)30)14-3-5-15(6-4-14)33(31,32)27-20-2-1-11-25-26-20/h1-8,11,19H,9-10,12-13H2,(H,26,27)/t19-/m0/s1. The second-order valence-corrected chi connectivity index (χ2v) is 9.87. The van der Waals surface area contributed by atoms with Crippen molar-refractivity contribution in [3.05, 3.63) is 71.1 Å². The first-order chi connectivity index (χ1) is 15.8. The van der Waals surface area contributed by atoms with Crippen LogP contribution < -0.4 is 14.5 Å². The molecule has 2 aromatic carbocycles. The van der Waals surface area contributed by atoms with Gasteiger partial charge in [-0.2, -0.15) is 5.10 Å². The van der Waals surface area contributed by atoms with E-state index in [0.29, 0.717) is 31.6 Å². The van der Waals surface area contributed by atoms with Gasteiger partial charge < -0.3 is 9.80 Å². The first-order valence-electron chi connectivity index (χ1n) is 10.3. The molecule has 3 heterocycles. The Balaban J connectivity index is 1.33. The molecule has 0 aliphatic carbocycles. The summed E-state index contributed by atoms with van der Waals surface area (Å²) in [5, 5.41) is 7.49. The highest BCUT2D eigenvalue weighted by Gasteiger charge is 2.39. The number of sulfonamides is 1. The predicted octanol–water partition coefficient (Wildman–Crippen LogP) is 3.24. The van der Waals surface area contributed by atoms with Gasteiger partial charge in [-0.15, -0.1) is 5.10 Å². The van der Waals surface area contributed by atoms with Gasteiger partial charge >= 0.3 is 0 Å². The van der Waals surface area contributed by atoms with Gasteiger partial charge in [0.05, 0.1) is 9.92 Å². The fourth-order valence-electron chi connectivity index (χ4n) is 4.33. The number of nitrogens with one attached hydrogen (secondary N) is 1. The van der Waals surface area contributed by atoms with E-state index in [1.54, 1.807) is 29.2 Å². The highest BCUT2D eigenvalue weighted by Crippen LogP contribution is 2.38. The van der Waals surface area contributed by atoms with Gasteiger partial charge in [-0.05, 0) is 66.9 Å². The van der Waals surface area contributed by atoms with E-state index in [4.69, 9.17) is 11.6 Å². The van der Waals surface area contributed by atoms with Gasteiger partial charge in [-0.1, -0.05) is 11.6 Å². The molecule has 0 bridgehead atoms. The van der Waals surface area contributed by atoms with Crippen LogP contribution in [0.5, 0.6) is 0 Å². The molecular formula is C22H19ClFN5O3S. The second-order valence-electron chi connectivity index (χ2n) is 7.81. The minimum absolute atomic E-state index is 0.0465. The van der Waals surface area contributed by atoms with Gasteiger partial charge in [-0.3, -0.25) is 9.52 Å². The van der Waals surface area contributed by atoms with Crippen molar-refractivity contribution in [2.45, 2.75) is 23.8 Å². The normalized spacial score (nSPS) is 18.0. The van der Waals surface area contributed by atoms with Gasteiger partial charge in [0, 0.05) is 30.7 Å². The van der Waals surface area contributed by atoms with E-state index in [9.17, 15) is 17.6 Å². The lowest BCUT2D eigenvalue weighted by molar-refractivity contribution is -0.118. The molecule has 0 radical (unpaired) electrons. The topological polar surface area (TPSA) is 95.5 Å². The van der Waals surface area contributed by atoms with E-state index in [0.717, 1.165) is 11.3 Å². The lowest BCUT2D eigenvalue weighted by atomic mass is 10.1. The largest absolute Gasteiger partial charge is 0.359 e. The summed E-state index contributed by atoms with van der Waals surface area (Å²) in [6, 6.07) is 11.8. The fourth-order valence-corrected chi connectivity index (χ4v) is 5.58. The van der Waals surface area contributed by atoms with Crippen LogP contribution in [0.15, 0.2) is 59.6 Å². The Bertz CT molecular complexity index is 1320. The summed E-state index contributed by atoms with van der Waals surface area (Å²) < 4.78 is 41.3. The summed E-state index contributed by atoms with van der Waals surface area (Å²) in [6.07, 6.45) is 2.63. The summed E-state index contributed by atoms with van der Waals surface area (Å²) in [6.45, 7) is 1.09. The van der Waals surface area contributed by atoms with E-state index in [1.807, 2.05) is 4.90 Å². The Morgan fingerprint density at radius 3 is 2.61 bits per heavy atom. The number of amides is 1. The third-order valence-electron chi connectivity index (χ3n) is 5.91. The number of nitrogens with zero attached hydrogens (tertiary/aromatic N) is 4. The maximum atomic E-state index is 13.8. The van der Waals surface area contributed by atoms with Crippen LogP contribution in [0, 0.1) is 5.82 Å². The highest BCUT2D eigenvalue weighted by atomic mass is 35.5. The quantitative estimate of drug-likeness (QED) is 0.593. The lowest BCUT2D eigenvalue weighted by Crippen LogP contribution is -2.41. The smallest absolute Gasteiger partial charge is 0.263 e. The Labute approximate surface area is 195 Å². The zero-order valence-corrected chi connectivity index (χ0v) is 18.9. The molecule has 1 atom stereocenters. The van der Waals surface area contributed by atoms with Crippen LogP contribution in [0.3, 0.4) is 0 Å². The van der Waals surface area contributed by atoms with Crippen molar-refractivity contribution in [1.29, 1.82) is 0 Å². The monoisotopic (exact) mass is 487 g/mol. The van der Waals surface area contributed by atoms with E-state index in [1.165, 1.54) is 30.5 Å². The summed E-state index contributed by atoms with van der Waals surface area (Å²) in [4.78, 5) is 16.9. The molecule has 170 valence electrons. The van der Waals surface area contributed by atoms with Crippen LogP contribution in [0.2, 0.25) is 5.02 Å². The molecule has 1 aromatic heterocycles. The number of fused-ring (bicyclic) bond motifs is 1. The number of rotatable bonds is 5. The second kappa shape index (κ2) is 8.27. The van der Waals surface area contributed by atoms with Crippen LogP contribution in [0.4, 0.5) is 21.6 Å². The van der Waals surface area contributed by atoms with Gasteiger partial charge in [0.2, 0.25) is 5.91 Å². The number of benzene rings is 2. The average Bonchev–Trinajstić information content (AvgIpc) is 3.40. The maximum absolute atomic E-state index is 13.8. The van der Waals surface area contributed by atoms with E-state index >= 15 is 0 Å². The number of anilines is 3. The summed E-state index contributed by atoms with van der Waals surface area (Å²) in [5.74, 6) is -0.429. The zero-order valence-electron chi connectivity index (χ0n) is 17.3. The third-order valence-corrected chi connectivity index (χ3v) is 7.69. The van der Waals surface area contributed by atoms with Crippen LogP contribution in [0.1, 0.15) is 12.0 Å². The first kappa shape index (κ1) is 21.6. The molecule has 0 unspecified atom stereocenters. The fraction of sp³-hybridized carbons (Fsp3) is 0.227. The summed E-state index contributed by atoms with van der Waals surface area (Å²) in [7, 11) is -3.84. The van der Waals surface area contributed by atoms with Crippen LogP contribution in [0.25, 0.3) is 0 Å². The Morgan fingerprint density at radius 1 is 1.09 bits per heavy atom. The molecule has 8 nitrogen and oxygen atoms in total. The van der Waals surface area contributed by atoms with E-state index < -0.39 is 15.8 Å². The molecule has 1 fully saturated rings. The van der Waals surface area contributed by atoms with Crippen molar-refractivity contribution < 1.29 is 17.6 Å². The third kappa shape index (κ3) is 3.89. The number of hydrogen-bond donors (Lipinski definition) is 1. The molecule has 1 saturated heterocycles. The molecule has 1 amide bonds. The molecule has 33 heavy (non-hydrogen) atoms. The minimum Gasteiger partial charge on any atom is -0.359 e. The summed E-state index contributed by atoms with van der Waals surface area (Å²) >= 11 is 6.12. The molecule has 11 heteroatoms. The molecular weight excluding hydrogens is 469 g/mol. The molecule has 0 saturated carbocycles. The van der Waals surface area contributed by atoms with Gasteiger partial charge in [-0.25, -0.2) is 12.8 Å². The van der Waals surface area contributed by atoms with Crippen molar-refractivity contribution >= 4 is 44.7 Å². The van der Waals surface area contributed by atoms with Crippen LogP contribution in [-0.4, -0.2) is 43.7 Å². The summed E-state index contributed by atoms with van der Waals surface area (Å²) in [5.41, 5.74) is 2.13.